The second kappa shape index (κ2) is 5.40. The van der Waals surface area contributed by atoms with E-state index in [-0.39, 0.29) is 0 Å². The van der Waals surface area contributed by atoms with Crippen molar-refractivity contribution < 1.29 is 0 Å². The number of nitrogens with one attached hydrogen (secondary N) is 1. The fourth-order valence-corrected chi connectivity index (χ4v) is 2.54. The number of tetrazole rings is 1. The van der Waals surface area contributed by atoms with Gasteiger partial charge >= 0.3 is 0 Å². The van der Waals surface area contributed by atoms with Gasteiger partial charge in [0.15, 0.2) is 11.6 Å². The number of aromatic amines is 1. The lowest BCUT2D eigenvalue weighted by molar-refractivity contribution is 0.632. The molecule has 0 aliphatic heterocycles. The van der Waals surface area contributed by atoms with Gasteiger partial charge in [-0.25, -0.2) is 9.50 Å². The topological polar surface area (TPSA) is 89.6 Å². The van der Waals surface area contributed by atoms with Gasteiger partial charge in [-0.15, -0.1) is 10.2 Å². The zero-order valence-electron chi connectivity index (χ0n) is 11.8. The quantitative estimate of drug-likeness (QED) is 0.600. The molecule has 4 rings (SSSR count). The number of H-pyrrole nitrogens is 1. The zero-order valence-corrected chi connectivity index (χ0v) is 11.8. The first kappa shape index (κ1) is 12.7. The van der Waals surface area contributed by atoms with Crippen molar-refractivity contribution in [2.24, 2.45) is 0 Å². The Hall–Kier alpha value is -3.03. The normalized spacial score (nSPS) is 11.3. The van der Waals surface area contributed by atoms with Crippen LogP contribution in [-0.2, 0) is 13.0 Å². The second-order valence-corrected chi connectivity index (χ2v) is 4.95. The van der Waals surface area contributed by atoms with E-state index in [4.69, 9.17) is 0 Å². The highest BCUT2D eigenvalue weighted by Gasteiger charge is 2.10. The van der Waals surface area contributed by atoms with Crippen molar-refractivity contribution in [3.63, 3.8) is 0 Å². The van der Waals surface area contributed by atoms with Crippen molar-refractivity contribution in [1.29, 1.82) is 0 Å². The molecule has 4 aromatic rings. The number of hydrogen-bond donors (Lipinski definition) is 1. The standard InChI is InChI=1S/C14H14N8/c1-3-11-6-7-16-22(11)12(4-1)14-15-8-10-21(14)9-2-5-13-17-19-20-18-13/h1,3-4,6-8,10H,2,5,9H2,(H,17,18,19,20). The Morgan fingerprint density at radius 2 is 2.14 bits per heavy atom. The summed E-state index contributed by atoms with van der Waals surface area (Å²) in [5.74, 6) is 1.64. The van der Waals surface area contributed by atoms with Crippen molar-refractivity contribution in [2.75, 3.05) is 0 Å². The number of aryl methyl sites for hydroxylation is 2. The van der Waals surface area contributed by atoms with Gasteiger partial charge in [-0.1, -0.05) is 11.3 Å². The molecule has 8 heteroatoms. The molecule has 0 bridgehead atoms. The number of fused-ring (bicyclic) bond motifs is 1. The molecule has 1 N–H and O–H groups in total. The third-order valence-corrected chi connectivity index (χ3v) is 3.55. The van der Waals surface area contributed by atoms with Gasteiger partial charge in [0.25, 0.3) is 0 Å². The Morgan fingerprint density at radius 3 is 3.05 bits per heavy atom. The van der Waals surface area contributed by atoms with E-state index in [1.54, 1.807) is 6.20 Å². The summed E-state index contributed by atoms with van der Waals surface area (Å²) in [6.45, 7) is 0.835. The number of nitrogens with zero attached hydrogens (tertiary/aromatic N) is 7. The molecule has 0 atom stereocenters. The first-order valence-corrected chi connectivity index (χ1v) is 7.08. The molecule has 4 aromatic heterocycles. The molecule has 0 aliphatic carbocycles. The average molecular weight is 294 g/mol. The van der Waals surface area contributed by atoms with Crippen LogP contribution in [0.5, 0.6) is 0 Å². The minimum atomic E-state index is 0.732. The summed E-state index contributed by atoms with van der Waals surface area (Å²) in [7, 11) is 0. The maximum Gasteiger partial charge on any atom is 0.174 e. The van der Waals surface area contributed by atoms with Gasteiger partial charge < -0.3 is 4.57 Å². The second-order valence-electron chi connectivity index (χ2n) is 4.95. The smallest absolute Gasteiger partial charge is 0.174 e. The van der Waals surface area contributed by atoms with Crippen LogP contribution in [0.25, 0.3) is 17.0 Å². The van der Waals surface area contributed by atoms with E-state index in [9.17, 15) is 0 Å². The Kier molecular flexibility index (Phi) is 3.11. The summed E-state index contributed by atoms with van der Waals surface area (Å²) in [6.07, 6.45) is 7.28. The van der Waals surface area contributed by atoms with Crippen molar-refractivity contribution in [2.45, 2.75) is 19.4 Å². The Balaban J connectivity index is 1.58. The van der Waals surface area contributed by atoms with Crippen LogP contribution < -0.4 is 0 Å². The Bertz CT molecular complexity index is 873. The number of rotatable bonds is 5. The first-order chi connectivity index (χ1) is 10.9. The van der Waals surface area contributed by atoms with Gasteiger partial charge in [0.1, 0.15) is 5.69 Å². The fourth-order valence-electron chi connectivity index (χ4n) is 2.54. The van der Waals surface area contributed by atoms with Gasteiger partial charge in [-0.3, -0.25) is 0 Å². The maximum atomic E-state index is 4.48. The lowest BCUT2D eigenvalue weighted by Gasteiger charge is -2.08. The molecule has 0 amide bonds. The van der Waals surface area contributed by atoms with E-state index < -0.39 is 0 Å². The van der Waals surface area contributed by atoms with Crippen LogP contribution in [0.3, 0.4) is 0 Å². The van der Waals surface area contributed by atoms with E-state index >= 15 is 0 Å². The minimum Gasteiger partial charge on any atom is -0.330 e. The van der Waals surface area contributed by atoms with Gasteiger partial charge in [0.05, 0.1) is 11.7 Å². The van der Waals surface area contributed by atoms with Crippen LogP contribution in [0.2, 0.25) is 0 Å². The maximum absolute atomic E-state index is 4.48. The molecular weight excluding hydrogens is 280 g/mol. The van der Waals surface area contributed by atoms with Gasteiger partial charge in [-0.2, -0.15) is 10.3 Å². The molecule has 110 valence electrons. The largest absolute Gasteiger partial charge is 0.330 e. The van der Waals surface area contributed by atoms with Crippen molar-refractivity contribution >= 4 is 5.52 Å². The van der Waals surface area contributed by atoms with Gasteiger partial charge in [-0.05, 0) is 24.6 Å². The third kappa shape index (κ3) is 2.24. The van der Waals surface area contributed by atoms with Crippen molar-refractivity contribution in [1.82, 2.24) is 39.8 Å². The molecular formula is C14H14N8. The summed E-state index contributed by atoms with van der Waals surface area (Å²) >= 11 is 0. The molecule has 0 fully saturated rings. The molecule has 0 spiro atoms. The first-order valence-electron chi connectivity index (χ1n) is 7.08. The van der Waals surface area contributed by atoms with E-state index in [1.165, 1.54) is 0 Å². The van der Waals surface area contributed by atoms with Gasteiger partial charge in [0, 0.05) is 25.4 Å². The van der Waals surface area contributed by atoms with E-state index in [1.807, 2.05) is 41.2 Å². The average Bonchev–Trinajstić information content (AvgIpc) is 3.28. The number of pyridine rings is 1. The minimum absolute atomic E-state index is 0.732. The monoisotopic (exact) mass is 294 g/mol. The Morgan fingerprint density at radius 1 is 1.14 bits per heavy atom. The number of imidazole rings is 1. The zero-order chi connectivity index (χ0) is 14.8. The number of hydrogen-bond acceptors (Lipinski definition) is 5. The van der Waals surface area contributed by atoms with Crippen LogP contribution in [-0.4, -0.2) is 39.8 Å². The molecule has 22 heavy (non-hydrogen) atoms. The van der Waals surface area contributed by atoms with Crippen LogP contribution >= 0.6 is 0 Å². The molecule has 0 aromatic carbocycles. The SMILES string of the molecule is c1cc(-c2nccn2CCCc2nn[nH]n2)n2nccc2c1. The van der Waals surface area contributed by atoms with Crippen LogP contribution in [0, 0.1) is 0 Å². The highest BCUT2D eigenvalue weighted by Crippen LogP contribution is 2.19. The summed E-state index contributed by atoms with van der Waals surface area (Å²) in [5.41, 5.74) is 2.03. The molecule has 0 saturated heterocycles. The van der Waals surface area contributed by atoms with Crippen LogP contribution in [0.4, 0.5) is 0 Å². The van der Waals surface area contributed by atoms with E-state index in [0.717, 1.165) is 42.2 Å². The predicted molar refractivity (Wildman–Crippen MR) is 78.9 cm³/mol. The number of aromatic nitrogens is 8. The Labute approximate surface area is 125 Å². The molecule has 0 unspecified atom stereocenters. The fraction of sp³-hybridized carbons (Fsp3) is 0.214. The summed E-state index contributed by atoms with van der Waals surface area (Å²) in [6, 6.07) is 8.05. The summed E-state index contributed by atoms with van der Waals surface area (Å²) in [5, 5.41) is 18.3. The molecule has 8 nitrogen and oxygen atoms in total. The molecule has 4 heterocycles. The summed E-state index contributed by atoms with van der Waals surface area (Å²) < 4.78 is 4.02. The third-order valence-electron chi connectivity index (χ3n) is 3.55. The highest BCUT2D eigenvalue weighted by atomic mass is 15.5. The van der Waals surface area contributed by atoms with E-state index in [2.05, 4.69) is 35.3 Å². The van der Waals surface area contributed by atoms with Crippen molar-refractivity contribution in [3.05, 3.63) is 48.7 Å². The van der Waals surface area contributed by atoms with Crippen LogP contribution in [0.1, 0.15) is 12.2 Å². The molecule has 0 aliphatic rings. The predicted octanol–water partition coefficient (Wildman–Crippen LogP) is 1.34. The van der Waals surface area contributed by atoms with Crippen molar-refractivity contribution in [3.8, 4) is 11.5 Å². The lowest BCUT2D eigenvalue weighted by atomic mass is 10.2. The molecule has 0 saturated carbocycles. The van der Waals surface area contributed by atoms with Crippen LogP contribution in [0.15, 0.2) is 42.9 Å². The van der Waals surface area contributed by atoms with Gasteiger partial charge in [0.2, 0.25) is 0 Å². The lowest BCUT2D eigenvalue weighted by Crippen LogP contribution is -2.04. The summed E-state index contributed by atoms with van der Waals surface area (Å²) in [4.78, 5) is 4.48. The van der Waals surface area contributed by atoms with E-state index in [0.29, 0.717) is 0 Å². The highest BCUT2D eigenvalue weighted by molar-refractivity contribution is 5.58. The molecule has 0 radical (unpaired) electrons.